The van der Waals surface area contributed by atoms with Gasteiger partial charge in [-0.3, -0.25) is 9.59 Å². The van der Waals surface area contributed by atoms with E-state index in [1.807, 2.05) is 24.3 Å². The van der Waals surface area contributed by atoms with E-state index in [4.69, 9.17) is 0 Å². The minimum Gasteiger partial charge on any atom is -0.342 e. The van der Waals surface area contributed by atoms with Crippen LogP contribution in [0.1, 0.15) is 12.8 Å². The zero-order valence-electron chi connectivity index (χ0n) is 12.7. The van der Waals surface area contributed by atoms with E-state index in [2.05, 4.69) is 5.32 Å². The zero-order valence-corrected chi connectivity index (χ0v) is 14.3. The number of carbonyl (C=O) groups is 2. The number of nitrogens with zero attached hydrogens (tertiary/aromatic N) is 1. The summed E-state index contributed by atoms with van der Waals surface area (Å²) in [6.45, 7) is 0. The van der Waals surface area contributed by atoms with Crippen molar-refractivity contribution in [2.24, 2.45) is 0 Å². The van der Waals surface area contributed by atoms with Gasteiger partial charge in [0.15, 0.2) is 9.84 Å². The average molecular weight is 354 g/mol. The molecule has 8 heteroatoms. The fraction of sp³-hybridized carbons (Fsp3) is 0.467. The Morgan fingerprint density at radius 3 is 2.83 bits per heavy atom. The molecule has 0 unspecified atom stereocenters. The molecule has 0 aromatic heterocycles. The summed E-state index contributed by atoms with van der Waals surface area (Å²) in [4.78, 5) is 27.0. The third-order valence-electron chi connectivity index (χ3n) is 4.22. The van der Waals surface area contributed by atoms with Crippen LogP contribution in [0.15, 0.2) is 29.2 Å². The van der Waals surface area contributed by atoms with Crippen molar-refractivity contribution in [3.63, 3.8) is 0 Å². The molecule has 6 nitrogen and oxygen atoms in total. The van der Waals surface area contributed by atoms with E-state index in [0.717, 1.165) is 10.6 Å². The normalized spacial score (nSPS) is 25.5. The van der Waals surface area contributed by atoms with E-state index in [0.29, 0.717) is 6.42 Å². The predicted octanol–water partition coefficient (Wildman–Crippen LogP) is 1.14. The van der Waals surface area contributed by atoms with E-state index in [1.54, 1.807) is 7.05 Å². The Morgan fingerprint density at radius 1 is 1.39 bits per heavy atom. The van der Waals surface area contributed by atoms with Crippen molar-refractivity contribution in [2.45, 2.75) is 29.0 Å². The van der Waals surface area contributed by atoms with E-state index in [9.17, 15) is 18.0 Å². The van der Waals surface area contributed by atoms with Gasteiger partial charge in [0.2, 0.25) is 11.8 Å². The lowest BCUT2D eigenvalue weighted by Gasteiger charge is -2.27. The second-order valence-corrected chi connectivity index (χ2v) is 9.33. The predicted molar refractivity (Wildman–Crippen MR) is 89.2 cm³/mol. The largest absolute Gasteiger partial charge is 0.342 e. The molecule has 2 aliphatic rings. The number of anilines is 1. The summed E-state index contributed by atoms with van der Waals surface area (Å²) in [7, 11) is -1.42. The molecule has 0 spiro atoms. The van der Waals surface area contributed by atoms with Crippen LogP contribution < -0.4 is 5.32 Å². The smallest absolute Gasteiger partial charge is 0.238 e. The fourth-order valence-electron chi connectivity index (χ4n) is 2.81. The lowest BCUT2D eigenvalue weighted by atomic mass is 10.2. The lowest BCUT2D eigenvalue weighted by molar-refractivity contribution is -0.132. The number of hydrogen-bond acceptors (Lipinski definition) is 5. The van der Waals surface area contributed by atoms with Gasteiger partial charge >= 0.3 is 0 Å². The van der Waals surface area contributed by atoms with Gasteiger partial charge in [0.25, 0.3) is 0 Å². The summed E-state index contributed by atoms with van der Waals surface area (Å²) < 4.78 is 23.1. The molecule has 0 aliphatic carbocycles. The maximum absolute atomic E-state index is 12.4. The van der Waals surface area contributed by atoms with E-state index in [1.165, 1.54) is 16.7 Å². The van der Waals surface area contributed by atoms with Crippen molar-refractivity contribution < 1.29 is 18.0 Å². The van der Waals surface area contributed by atoms with Gasteiger partial charge in [0.1, 0.15) is 0 Å². The SMILES string of the molecule is CN(C(=O)C[C@@H]1Sc2ccccc2NC1=O)[C@@H]1CCS(=O)(=O)C1. The van der Waals surface area contributed by atoms with Crippen molar-refractivity contribution in [3.8, 4) is 0 Å². The fourth-order valence-corrected chi connectivity index (χ4v) is 5.69. The highest BCUT2D eigenvalue weighted by Crippen LogP contribution is 2.36. The summed E-state index contributed by atoms with van der Waals surface area (Å²) in [6, 6.07) is 7.19. The van der Waals surface area contributed by atoms with Crippen LogP contribution in [0.5, 0.6) is 0 Å². The van der Waals surface area contributed by atoms with Crippen LogP contribution in [-0.2, 0) is 19.4 Å². The van der Waals surface area contributed by atoms with Gasteiger partial charge in [0.05, 0.1) is 22.4 Å². The van der Waals surface area contributed by atoms with Crippen LogP contribution in [0.2, 0.25) is 0 Å². The molecule has 2 aliphatic heterocycles. The third-order valence-corrected chi connectivity index (χ3v) is 7.24. The van der Waals surface area contributed by atoms with Crippen LogP contribution >= 0.6 is 11.8 Å². The number of sulfone groups is 1. The number of para-hydroxylation sites is 1. The topological polar surface area (TPSA) is 83.6 Å². The molecular weight excluding hydrogens is 336 g/mol. The van der Waals surface area contributed by atoms with Crippen LogP contribution in [0.4, 0.5) is 5.69 Å². The summed E-state index contributed by atoms with van der Waals surface area (Å²) in [5.74, 6) is -0.239. The molecule has 0 saturated carbocycles. The second kappa shape index (κ2) is 6.16. The first-order valence-electron chi connectivity index (χ1n) is 7.38. The van der Waals surface area contributed by atoms with E-state index < -0.39 is 15.1 Å². The Bertz CT molecular complexity index is 748. The molecule has 1 fully saturated rings. The Balaban J connectivity index is 1.65. The number of benzene rings is 1. The summed E-state index contributed by atoms with van der Waals surface area (Å²) >= 11 is 1.38. The van der Waals surface area contributed by atoms with Crippen LogP contribution in [0, 0.1) is 0 Å². The van der Waals surface area contributed by atoms with Gasteiger partial charge in [-0.15, -0.1) is 11.8 Å². The van der Waals surface area contributed by atoms with Crippen LogP contribution in [-0.4, -0.2) is 55.0 Å². The van der Waals surface area contributed by atoms with Crippen molar-refractivity contribution >= 4 is 39.1 Å². The number of thioether (sulfide) groups is 1. The van der Waals surface area contributed by atoms with E-state index in [-0.39, 0.29) is 35.8 Å². The maximum Gasteiger partial charge on any atom is 0.238 e. The molecule has 0 radical (unpaired) electrons. The number of nitrogens with one attached hydrogen (secondary N) is 1. The minimum atomic E-state index is -3.04. The highest BCUT2D eigenvalue weighted by atomic mass is 32.2. The van der Waals surface area contributed by atoms with E-state index >= 15 is 0 Å². The molecule has 1 aromatic carbocycles. The van der Waals surface area contributed by atoms with Crippen LogP contribution in [0.3, 0.4) is 0 Å². The quantitative estimate of drug-likeness (QED) is 0.880. The molecule has 2 atom stereocenters. The monoisotopic (exact) mass is 354 g/mol. The molecule has 1 N–H and O–H groups in total. The number of carbonyl (C=O) groups excluding carboxylic acids is 2. The Morgan fingerprint density at radius 2 is 2.13 bits per heavy atom. The Labute approximate surface area is 139 Å². The van der Waals surface area contributed by atoms with Crippen LogP contribution in [0.25, 0.3) is 0 Å². The first-order valence-corrected chi connectivity index (χ1v) is 10.1. The minimum absolute atomic E-state index is 0.0160. The summed E-state index contributed by atoms with van der Waals surface area (Å²) in [6.07, 6.45) is 0.537. The lowest BCUT2D eigenvalue weighted by Crippen LogP contribution is -2.41. The molecular formula is C15H18N2O4S2. The summed E-state index contributed by atoms with van der Waals surface area (Å²) in [5.41, 5.74) is 0.765. The maximum atomic E-state index is 12.4. The van der Waals surface area contributed by atoms with Crippen molar-refractivity contribution in [3.05, 3.63) is 24.3 Å². The number of hydrogen-bond donors (Lipinski definition) is 1. The average Bonchev–Trinajstić information content (AvgIpc) is 2.87. The molecule has 3 rings (SSSR count). The molecule has 1 saturated heterocycles. The van der Waals surface area contributed by atoms with Gasteiger partial charge < -0.3 is 10.2 Å². The molecule has 1 aromatic rings. The van der Waals surface area contributed by atoms with Crippen molar-refractivity contribution in [2.75, 3.05) is 23.9 Å². The molecule has 124 valence electrons. The number of rotatable bonds is 3. The van der Waals surface area contributed by atoms with Gasteiger partial charge in [-0.1, -0.05) is 12.1 Å². The second-order valence-electron chi connectivity index (χ2n) is 5.86. The zero-order chi connectivity index (χ0) is 16.6. The first kappa shape index (κ1) is 16.3. The molecule has 0 bridgehead atoms. The third kappa shape index (κ3) is 3.53. The first-order chi connectivity index (χ1) is 10.9. The van der Waals surface area contributed by atoms with Crippen molar-refractivity contribution in [1.82, 2.24) is 4.90 Å². The van der Waals surface area contributed by atoms with Gasteiger partial charge in [-0.05, 0) is 18.6 Å². The molecule has 2 amide bonds. The Kier molecular flexibility index (Phi) is 4.37. The van der Waals surface area contributed by atoms with Gasteiger partial charge in [0, 0.05) is 24.4 Å². The highest BCUT2D eigenvalue weighted by molar-refractivity contribution is 8.01. The van der Waals surface area contributed by atoms with Gasteiger partial charge in [-0.25, -0.2) is 8.42 Å². The standard InChI is InChI=1S/C15H18N2O4S2/c1-17(10-6-7-23(20,21)9-10)14(18)8-13-15(19)16-11-4-2-3-5-12(11)22-13/h2-5,10,13H,6-9H2,1H3,(H,16,19)/t10-,13+/m1/s1. The van der Waals surface area contributed by atoms with Crippen molar-refractivity contribution in [1.29, 1.82) is 0 Å². The Hall–Kier alpha value is -1.54. The number of fused-ring (bicyclic) bond motifs is 1. The molecule has 23 heavy (non-hydrogen) atoms. The molecule has 2 heterocycles. The summed E-state index contributed by atoms with van der Waals surface area (Å²) in [5, 5.41) is 2.32. The van der Waals surface area contributed by atoms with Gasteiger partial charge in [-0.2, -0.15) is 0 Å². The number of amides is 2. The highest BCUT2D eigenvalue weighted by Gasteiger charge is 2.35.